The van der Waals surface area contributed by atoms with Gasteiger partial charge in [0.05, 0.1) is 5.69 Å². The van der Waals surface area contributed by atoms with Crippen LogP contribution in [-0.2, 0) is 0 Å². The number of rotatable bonds is 3. The lowest BCUT2D eigenvalue weighted by Crippen LogP contribution is -2.18. The Bertz CT molecular complexity index is 739. The van der Waals surface area contributed by atoms with Crippen LogP contribution in [-0.4, -0.2) is 12.0 Å². The fourth-order valence-corrected chi connectivity index (χ4v) is 2.59. The Kier molecular flexibility index (Phi) is 3.78. The molecular weight excluding hydrogens is 340 g/mol. The van der Waals surface area contributed by atoms with E-state index in [9.17, 15) is 0 Å². The Hall–Kier alpha value is -1.36. The third-order valence-corrected chi connectivity index (χ3v) is 3.82. The van der Waals surface area contributed by atoms with E-state index >= 15 is 0 Å². The van der Waals surface area contributed by atoms with E-state index in [1.807, 2.05) is 43.4 Å². The van der Waals surface area contributed by atoms with Crippen LogP contribution in [0.2, 0.25) is 5.02 Å². The van der Waals surface area contributed by atoms with Crippen LogP contribution in [0.1, 0.15) is 17.5 Å². The Morgan fingerprint density at radius 1 is 1.25 bits per heavy atom. The first-order valence-electron chi connectivity index (χ1n) is 6.15. The number of nitrogens with one attached hydrogen (secondary N) is 1. The molecule has 0 fully saturated rings. The van der Waals surface area contributed by atoms with E-state index in [4.69, 9.17) is 16.0 Å². The van der Waals surface area contributed by atoms with E-state index in [1.54, 1.807) is 6.20 Å². The van der Waals surface area contributed by atoms with Crippen molar-refractivity contribution in [2.45, 2.75) is 6.04 Å². The van der Waals surface area contributed by atoms with Gasteiger partial charge in [-0.3, -0.25) is 4.98 Å². The predicted molar refractivity (Wildman–Crippen MR) is 84.1 cm³/mol. The molecule has 1 unspecified atom stereocenters. The summed E-state index contributed by atoms with van der Waals surface area (Å²) in [4.78, 5) is 4.42. The highest BCUT2D eigenvalue weighted by Gasteiger charge is 2.18. The first-order chi connectivity index (χ1) is 9.67. The van der Waals surface area contributed by atoms with Crippen molar-refractivity contribution in [3.63, 3.8) is 0 Å². The normalized spacial score (nSPS) is 12.8. The third kappa shape index (κ3) is 2.59. The number of pyridine rings is 1. The molecule has 0 aliphatic rings. The fourth-order valence-electron chi connectivity index (χ4n) is 2.17. The summed E-state index contributed by atoms with van der Waals surface area (Å²) >= 11 is 9.39. The second-order valence-corrected chi connectivity index (χ2v) is 5.81. The van der Waals surface area contributed by atoms with Crippen molar-refractivity contribution in [1.29, 1.82) is 0 Å². The van der Waals surface area contributed by atoms with Gasteiger partial charge < -0.3 is 9.73 Å². The van der Waals surface area contributed by atoms with Crippen LogP contribution in [0.15, 0.2) is 51.5 Å². The van der Waals surface area contributed by atoms with Gasteiger partial charge in [-0.2, -0.15) is 0 Å². The highest BCUT2D eigenvalue weighted by molar-refractivity contribution is 9.10. The summed E-state index contributed by atoms with van der Waals surface area (Å²) in [6.45, 7) is 0. The molecule has 3 rings (SSSR count). The van der Waals surface area contributed by atoms with Gasteiger partial charge in [0.15, 0.2) is 0 Å². The molecule has 2 aromatic heterocycles. The zero-order valence-corrected chi connectivity index (χ0v) is 13.1. The lowest BCUT2D eigenvalue weighted by molar-refractivity contribution is 0.486. The molecule has 1 N–H and O–H groups in total. The number of halogens is 2. The summed E-state index contributed by atoms with van der Waals surface area (Å²) in [7, 11) is 1.88. The summed E-state index contributed by atoms with van der Waals surface area (Å²) in [5.74, 6) is 0.819. The van der Waals surface area contributed by atoms with Crippen LogP contribution in [0.5, 0.6) is 0 Å². The molecule has 0 saturated carbocycles. The van der Waals surface area contributed by atoms with Gasteiger partial charge in [0, 0.05) is 21.1 Å². The van der Waals surface area contributed by atoms with Crippen molar-refractivity contribution in [1.82, 2.24) is 10.3 Å². The van der Waals surface area contributed by atoms with E-state index in [0.29, 0.717) is 5.02 Å². The zero-order valence-electron chi connectivity index (χ0n) is 10.7. The maximum atomic E-state index is 6.00. The number of hydrogen-bond acceptors (Lipinski definition) is 3. The van der Waals surface area contributed by atoms with Gasteiger partial charge in [0.2, 0.25) is 0 Å². The molecule has 0 spiro atoms. The molecule has 0 saturated heterocycles. The highest BCUT2D eigenvalue weighted by Crippen LogP contribution is 2.29. The van der Waals surface area contributed by atoms with Crippen molar-refractivity contribution >= 4 is 38.5 Å². The molecule has 0 bridgehead atoms. The number of benzene rings is 1. The molecule has 0 amide bonds. The Balaban J connectivity index is 2.04. The standard InChI is InChI=1S/C15H12BrClN2O/c1-18-15(12-4-2-10(16)8-19-12)14-7-9-6-11(17)3-5-13(9)20-14/h2-8,15,18H,1H3. The SMILES string of the molecule is CNC(c1ccc(Br)cn1)c1cc2cc(Cl)ccc2o1. The summed E-state index contributed by atoms with van der Waals surface area (Å²) in [6, 6.07) is 11.4. The Morgan fingerprint density at radius 2 is 2.10 bits per heavy atom. The first kappa shape index (κ1) is 13.6. The van der Waals surface area contributed by atoms with E-state index in [-0.39, 0.29) is 6.04 Å². The number of nitrogens with zero attached hydrogens (tertiary/aromatic N) is 1. The van der Waals surface area contributed by atoms with Crippen LogP contribution < -0.4 is 5.32 Å². The van der Waals surface area contributed by atoms with Gasteiger partial charge in [0.1, 0.15) is 17.4 Å². The fraction of sp³-hybridized carbons (Fsp3) is 0.133. The van der Waals surface area contributed by atoms with Crippen molar-refractivity contribution < 1.29 is 4.42 Å². The lowest BCUT2D eigenvalue weighted by atomic mass is 10.1. The van der Waals surface area contributed by atoms with Gasteiger partial charge in [0.25, 0.3) is 0 Å². The smallest absolute Gasteiger partial charge is 0.134 e. The monoisotopic (exact) mass is 350 g/mol. The maximum absolute atomic E-state index is 6.00. The Labute approximate surface area is 130 Å². The minimum absolute atomic E-state index is 0.0886. The first-order valence-corrected chi connectivity index (χ1v) is 7.32. The second kappa shape index (κ2) is 5.56. The number of aromatic nitrogens is 1. The van der Waals surface area contributed by atoms with E-state index in [1.165, 1.54) is 0 Å². The van der Waals surface area contributed by atoms with Crippen molar-refractivity contribution in [2.24, 2.45) is 0 Å². The van der Waals surface area contributed by atoms with Crippen LogP contribution in [0.4, 0.5) is 0 Å². The third-order valence-electron chi connectivity index (χ3n) is 3.12. The van der Waals surface area contributed by atoms with Crippen molar-refractivity contribution in [2.75, 3.05) is 7.05 Å². The molecular formula is C15H12BrClN2O. The quantitative estimate of drug-likeness (QED) is 0.752. The molecule has 2 heterocycles. The summed E-state index contributed by atoms with van der Waals surface area (Å²) in [6.07, 6.45) is 1.78. The minimum atomic E-state index is -0.0886. The average Bonchev–Trinajstić information content (AvgIpc) is 2.84. The molecule has 102 valence electrons. The number of furan rings is 1. The second-order valence-electron chi connectivity index (χ2n) is 4.45. The molecule has 5 heteroatoms. The van der Waals surface area contributed by atoms with Crippen LogP contribution in [0, 0.1) is 0 Å². The van der Waals surface area contributed by atoms with E-state index in [0.717, 1.165) is 26.9 Å². The molecule has 0 radical (unpaired) electrons. The molecule has 0 aliphatic heterocycles. The van der Waals surface area contributed by atoms with Gasteiger partial charge >= 0.3 is 0 Å². The molecule has 20 heavy (non-hydrogen) atoms. The predicted octanol–water partition coefficient (Wildman–Crippen LogP) is 4.55. The summed E-state index contributed by atoms with van der Waals surface area (Å²) in [5, 5.41) is 4.92. The highest BCUT2D eigenvalue weighted by atomic mass is 79.9. The molecule has 1 aromatic carbocycles. The van der Waals surface area contributed by atoms with Crippen molar-refractivity contribution in [3.8, 4) is 0 Å². The van der Waals surface area contributed by atoms with Crippen LogP contribution >= 0.6 is 27.5 Å². The largest absolute Gasteiger partial charge is 0.459 e. The van der Waals surface area contributed by atoms with E-state index in [2.05, 4.69) is 26.2 Å². The Morgan fingerprint density at radius 3 is 2.80 bits per heavy atom. The molecule has 3 nitrogen and oxygen atoms in total. The van der Waals surface area contributed by atoms with Gasteiger partial charge in [-0.1, -0.05) is 11.6 Å². The maximum Gasteiger partial charge on any atom is 0.134 e. The topological polar surface area (TPSA) is 38.1 Å². The molecule has 0 aliphatic carbocycles. The average molecular weight is 352 g/mol. The van der Waals surface area contributed by atoms with Crippen LogP contribution in [0.3, 0.4) is 0 Å². The number of hydrogen-bond donors (Lipinski definition) is 1. The van der Waals surface area contributed by atoms with Crippen LogP contribution in [0.25, 0.3) is 11.0 Å². The lowest BCUT2D eigenvalue weighted by Gasteiger charge is -2.12. The van der Waals surface area contributed by atoms with Gasteiger partial charge in [-0.05, 0) is 59.4 Å². The van der Waals surface area contributed by atoms with Gasteiger partial charge in [-0.25, -0.2) is 0 Å². The van der Waals surface area contributed by atoms with Crippen molar-refractivity contribution in [3.05, 3.63) is 63.5 Å². The molecule has 1 atom stereocenters. The summed E-state index contributed by atoms with van der Waals surface area (Å²) < 4.78 is 6.84. The summed E-state index contributed by atoms with van der Waals surface area (Å²) in [5.41, 5.74) is 1.72. The number of fused-ring (bicyclic) bond motifs is 1. The molecule has 3 aromatic rings. The zero-order chi connectivity index (χ0) is 14.1. The van der Waals surface area contributed by atoms with Gasteiger partial charge in [-0.15, -0.1) is 0 Å². The minimum Gasteiger partial charge on any atom is -0.459 e. The van der Waals surface area contributed by atoms with E-state index < -0.39 is 0 Å².